The van der Waals surface area contributed by atoms with Crippen molar-refractivity contribution in [1.82, 2.24) is 20.1 Å². The molecular formula is C15H26N4O2. The smallest absolute Gasteiger partial charge is 0.328 e. The number of ether oxygens (including phenoxy) is 1. The van der Waals surface area contributed by atoms with Crippen LogP contribution < -0.4 is 5.32 Å². The average Bonchev–Trinajstić information content (AvgIpc) is 3.22. The fraction of sp³-hybridized carbons (Fsp3) is 0.800. The van der Waals surface area contributed by atoms with Crippen LogP contribution in [0.5, 0.6) is 0 Å². The van der Waals surface area contributed by atoms with Crippen LogP contribution in [-0.2, 0) is 16.1 Å². The van der Waals surface area contributed by atoms with Gasteiger partial charge in [0.05, 0.1) is 13.2 Å². The number of carbonyl (C=O) groups is 1. The van der Waals surface area contributed by atoms with Crippen LogP contribution in [0.2, 0.25) is 0 Å². The normalized spacial score (nSPS) is 17.5. The quantitative estimate of drug-likeness (QED) is 0.738. The summed E-state index contributed by atoms with van der Waals surface area (Å²) < 4.78 is 7.19. The number of aryl methyl sites for hydroxylation is 2. The highest BCUT2D eigenvalue weighted by atomic mass is 16.5. The summed E-state index contributed by atoms with van der Waals surface area (Å²) in [6.07, 6.45) is 3.09. The Morgan fingerprint density at radius 3 is 2.62 bits per heavy atom. The van der Waals surface area contributed by atoms with Crippen molar-refractivity contribution < 1.29 is 9.53 Å². The van der Waals surface area contributed by atoms with Gasteiger partial charge in [-0.1, -0.05) is 6.92 Å². The number of carbonyl (C=O) groups excluding carboxylic acids is 1. The van der Waals surface area contributed by atoms with Crippen molar-refractivity contribution in [2.75, 3.05) is 13.2 Å². The van der Waals surface area contributed by atoms with E-state index in [1.54, 1.807) is 0 Å². The molecule has 1 aliphatic carbocycles. The minimum Gasteiger partial charge on any atom is -0.465 e. The van der Waals surface area contributed by atoms with E-state index in [4.69, 9.17) is 4.74 Å². The average molecular weight is 294 g/mol. The van der Waals surface area contributed by atoms with Gasteiger partial charge in [-0.15, -0.1) is 0 Å². The predicted octanol–water partition coefficient (Wildman–Crippen LogP) is 1.61. The van der Waals surface area contributed by atoms with E-state index in [0.717, 1.165) is 37.5 Å². The van der Waals surface area contributed by atoms with Crippen LogP contribution in [0, 0.1) is 19.8 Å². The molecule has 1 atom stereocenters. The van der Waals surface area contributed by atoms with Crippen LogP contribution in [0.3, 0.4) is 0 Å². The zero-order valence-corrected chi connectivity index (χ0v) is 13.5. The van der Waals surface area contributed by atoms with Gasteiger partial charge < -0.3 is 10.1 Å². The molecular weight excluding hydrogens is 268 g/mol. The second-order valence-corrected chi connectivity index (χ2v) is 5.76. The predicted molar refractivity (Wildman–Crippen MR) is 79.9 cm³/mol. The van der Waals surface area contributed by atoms with Gasteiger partial charge in [0.2, 0.25) is 0 Å². The Hall–Kier alpha value is -1.43. The Bertz CT molecular complexity index is 496. The van der Waals surface area contributed by atoms with Crippen molar-refractivity contribution in [2.24, 2.45) is 5.92 Å². The van der Waals surface area contributed by atoms with E-state index in [9.17, 15) is 4.79 Å². The Morgan fingerprint density at radius 1 is 1.43 bits per heavy atom. The number of hydrogen-bond acceptors (Lipinski definition) is 5. The molecule has 0 amide bonds. The monoisotopic (exact) mass is 294 g/mol. The van der Waals surface area contributed by atoms with Crippen molar-refractivity contribution in [3.8, 4) is 0 Å². The van der Waals surface area contributed by atoms with Crippen molar-refractivity contribution in [3.63, 3.8) is 0 Å². The van der Waals surface area contributed by atoms with Gasteiger partial charge in [-0.2, -0.15) is 5.10 Å². The standard InChI is InChI=1S/C15H26N4O2/c1-5-9-16-15(13-7-8-13,14(20)21-6-2)10-19-12(4)17-11(3)18-19/h13,16H,5-10H2,1-4H3. The molecule has 1 aliphatic rings. The van der Waals surface area contributed by atoms with Gasteiger partial charge in [0.25, 0.3) is 0 Å². The minimum absolute atomic E-state index is 0.159. The van der Waals surface area contributed by atoms with Gasteiger partial charge in [0.15, 0.2) is 0 Å². The van der Waals surface area contributed by atoms with E-state index in [2.05, 4.69) is 22.3 Å². The minimum atomic E-state index is -0.670. The van der Waals surface area contributed by atoms with Gasteiger partial charge in [0, 0.05) is 0 Å². The second-order valence-electron chi connectivity index (χ2n) is 5.76. The Labute approximate surface area is 126 Å². The molecule has 0 aromatic carbocycles. The maximum absolute atomic E-state index is 12.6. The first kappa shape index (κ1) is 15.9. The molecule has 118 valence electrons. The van der Waals surface area contributed by atoms with Crippen LogP contribution in [0.1, 0.15) is 44.8 Å². The molecule has 1 saturated carbocycles. The van der Waals surface area contributed by atoms with Crippen molar-refractivity contribution >= 4 is 5.97 Å². The summed E-state index contributed by atoms with van der Waals surface area (Å²) >= 11 is 0. The molecule has 6 nitrogen and oxygen atoms in total. The summed E-state index contributed by atoms with van der Waals surface area (Å²) in [4.78, 5) is 17.0. The number of aromatic nitrogens is 3. The highest BCUT2D eigenvalue weighted by molar-refractivity contribution is 5.81. The lowest BCUT2D eigenvalue weighted by Crippen LogP contribution is -2.58. The van der Waals surface area contributed by atoms with Crippen LogP contribution >= 0.6 is 0 Å². The van der Waals surface area contributed by atoms with E-state index in [-0.39, 0.29) is 5.97 Å². The third-order valence-corrected chi connectivity index (χ3v) is 3.97. The third kappa shape index (κ3) is 3.43. The van der Waals surface area contributed by atoms with Gasteiger partial charge in [-0.3, -0.25) is 0 Å². The maximum atomic E-state index is 12.6. The largest absolute Gasteiger partial charge is 0.465 e. The molecule has 1 fully saturated rings. The zero-order chi connectivity index (χ0) is 15.5. The lowest BCUT2D eigenvalue weighted by molar-refractivity contribution is -0.153. The summed E-state index contributed by atoms with van der Waals surface area (Å²) in [6.45, 7) is 9.41. The highest BCUT2D eigenvalue weighted by Crippen LogP contribution is 2.41. The molecule has 0 saturated heterocycles. The zero-order valence-electron chi connectivity index (χ0n) is 13.5. The maximum Gasteiger partial charge on any atom is 0.328 e. The molecule has 0 spiro atoms. The van der Waals surface area contributed by atoms with Crippen LogP contribution in [-0.4, -0.2) is 39.4 Å². The van der Waals surface area contributed by atoms with Crippen molar-refractivity contribution in [3.05, 3.63) is 11.6 Å². The van der Waals surface area contributed by atoms with E-state index >= 15 is 0 Å². The number of esters is 1. The van der Waals surface area contributed by atoms with Crippen LogP contribution in [0.25, 0.3) is 0 Å². The van der Waals surface area contributed by atoms with E-state index in [1.165, 1.54) is 0 Å². The number of rotatable bonds is 8. The molecule has 0 aliphatic heterocycles. The fourth-order valence-electron chi connectivity index (χ4n) is 2.76. The molecule has 2 rings (SSSR count). The summed E-state index contributed by atoms with van der Waals surface area (Å²) in [5, 5.41) is 7.86. The number of hydrogen-bond donors (Lipinski definition) is 1. The van der Waals surface area contributed by atoms with Gasteiger partial charge in [0.1, 0.15) is 17.2 Å². The molecule has 1 heterocycles. The molecule has 1 aromatic heterocycles. The Balaban J connectivity index is 2.28. The highest BCUT2D eigenvalue weighted by Gasteiger charge is 2.52. The first-order chi connectivity index (χ1) is 10.0. The summed E-state index contributed by atoms with van der Waals surface area (Å²) in [5.74, 6) is 1.73. The van der Waals surface area contributed by atoms with Crippen molar-refractivity contribution in [1.29, 1.82) is 0 Å². The van der Waals surface area contributed by atoms with Gasteiger partial charge in [-0.05, 0) is 52.5 Å². The Morgan fingerprint density at radius 2 is 2.14 bits per heavy atom. The van der Waals surface area contributed by atoms with Crippen LogP contribution in [0.15, 0.2) is 0 Å². The molecule has 6 heteroatoms. The molecule has 21 heavy (non-hydrogen) atoms. The Kier molecular flexibility index (Phi) is 4.98. The van der Waals surface area contributed by atoms with E-state index in [1.807, 2.05) is 25.5 Å². The molecule has 0 radical (unpaired) electrons. The van der Waals surface area contributed by atoms with E-state index in [0.29, 0.717) is 19.1 Å². The van der Waals surface area contributed by atoms with Crippen LogP contribution in [0.4, 0.5) is 0 Å². The van der Waals surface area contributed by atoms with E-state index < -0.39 is 5.54 Å². The molecule has 1 aromatic rings. The second kappa shape index (κ2) is 6.56. The first-order valence-electron chi connectivity index (χ1n) is 7.83. The fourth-order valence-corrected chi connectivity index (χ4v) is 2.76. The molecule has 1 N–H and O–H groups in total. The van der Waals surface area contributed by atoms with Gasteiger partial charge in [-0.25, -0.2) is 14.5 Å². The summed E-state index contributed by atoms with van der Waals surface area (Å²) in [7, 11) is 0. The number of nitrogens with zero attached hydrogens (tertiary/aromatic N) is 3. The van der Waals surface area contributed by atoms with Gasteiger partial charge >= 0.3 is 5.97 Å². The lowest BCUT2D eigenvalue weighted by atomic mass is 9.92. The summed E-state index contributed by atoms with van der Waals surface area (Å²) in [5.41, 5.74) is -0.670. The third-order valence-electron chi connectivity index (χ3n) is 3.97. The topological polar surface area (TPSA) is 69.0 Å². The molecule has 0 bridgehead atoms. The SMILES string of the molecule is CCCNC(Cn1nc(C)nc1C)(C(=O)OCC)C1CC1. The molecule has 1 unspecified atom stereocenters. The summed E-state index contributed by atoms with van der Waals surface area (Å²) in [6, 6.07) is 0. The lowest BCUT2D eigenvalue weighted by Gasteiger charge is -2.33. The van der Waals surface area contributed by atoms with Crippen molar-refractivity contribution in [2.45, 2.75) is 59.0 Å². The number of nitrogens with one attached hydrogen (secondary N) is 1. The first-order valence-corrected chi connectivity index (χ1v) is 7.83.